The first-order valence-corrected chi connectivity index (χ1v) is 7.01. The van der Waals surface area contributed by atoms with Crippen LogP contribution >= 0.6 is 21.6 Å². The van der Waals surface area contributed by atoms with Crippen molar-refractivity contribution in [2.24, 2.45) is 0 Å². The Morgan fingerprint density at radius 1 is 0.786 bits per heavy atom. The van der Waals surface area contributed by atoms with Crippen LogP contribution in [0.4, 0.5) is 0 Å². The molecule has 0 amide bonds. The van der Waals surface area contributed by atoms with Gasteiger partial charge in [-0.2, -0.15) is 0 Å². The van der Waals surface area contributed by atoms with E-state index >= 15 is 0 Å². The summed E-state index contributed by atoms with van der Waals surface area (Å²) in [6, 6.07) is 0. The van der Waals surface area contributed by atoms with E-state index in [4.69, 9.17) is 10.2 Å². The van der Waals surface area contributed by atoms with E-state index in [0.29, 0.717) is 24.3 Å². The third kappa shape index (κ3) is 9.11. The lowest BCUT2D eigenvalue weighted by molar-refractivity contribution is 0.151. The zero-order valence-corrected chi connectivity index (χ0v) is 9.64. The van der Waals surface area contributed by atoms with Crippen molar-refractivity contribution in [2.75, 3.05) is 24.7 Å². The number of aliphatic hydroxyl groups excluding tert-OH is 4. The van der Waals surface area contributed by atoms with Gasteiger partial charge >= 0.3 is 0 Å². The van der Waals surface area contributed by atoms with Crippen LogP contribution in [-0.2, 0) is 0 Å². The van der Waals surface area contributed by atoms with E-state index in [9.17, 15) is 10.2 Å². The molecule has 0 fully saturated rings. The highest BCUT2D eigenvalue weighted by atomic mass is 33.1. The Balaban J connectivity index is 3.19. The van der Waals surface area contributed by atoms with Gasteiger partial charge in [0.15, 0.2) is 0 Å². The van der Waals surface area contributed by atoms with E-state index in [0.717, 1.165) is 0 Å². The smallest absolute Gasteiger partial charge is 0.0660 e. The van der Waals surface area contributed by atoms with Gasteiger partial charge in [0.05, 0.1) is 12.2 Å². The van der Waals surface area contributed by atoms with Gasteiger partial charge in [-0.1, -0.05) is 21.6 Å². The molecular weight excluding hydrogens is 224 g/mol. The normalized spacial score (nSPS) is 15.4. The summed E-state index contributed by atoms with van der Waals surface area (Å²) in [4.78, 5) is 0. The quantitative estimate of drug-likeness (QED) is 0.333. The summed E-state index contributed by atoms with van der Waals surface area (Å²) in [5.41, 5.74) is 0. The minimum atomic E-state index is -0.479. The van der Waals surface area contributed by atoms with E-state index in [1.807, 2.05) is 0 Å². The largest absolute Gasteiger partial charge is 0.396 e. The van der Waals surface area contributed by atoms with Crippen LogP contribution < -0.4 is 0 Å². The molecule has 4 nitrogen and oxygen atoms in total. The van der Waals surface area contributed by atoms with Gasteiger partial charge in [0.25, 0.3) is 0 Å². The molecule has 0 radical (unpaired) electrons. The predicted molar refractivity (Wildman–Crippen MR) is 60.3 cm³/mol. The predicted octanol–water partition coefficient (Wildman–Crippen LogP) is -0.146. The standard InChI is InChI=1S/C8H18O4S2/c9-3-1-7(11)5-13-14-6-8(12)2-4-10/h7-12H,1-6H2. The van der Waals surface area contributed by atoms with Gasteiger partial charge in [-0.25, -0.2) is 0 Å². The summed E-state index contributed by atoms with van der Waals surface area (Å²) in [5.74, 6) is 1.11. The maximum atomic E-state index is 9.22. The van der Waals surface area contributed by atoms with Gasteiger partial charge in [0, 0.05) is 24.7 Å². The fourth-order valence-electron chi connectivity index (χ4n) is 0.718. The zero-order chi connectivity index (χ0) is 10.8. The average Bonchev–Trinajstić information content (AvgIpc) is 2.13. The lowest BCUT2D eigenvalue weighted by Crippen LogP contribution is -2.13. The molecule has 0 aromatic rings. The number of hydrogen-bond donors (Lipinski definition) is 4. The van der Waals surface area contributed by atoms with Gasteiger partial charge in [-0.3, -0.25) is 0 Å². The Morgan fingerprint density at radius 3 is 1.43 bits per heavy atom. The fraction of sp³-hybridized carbons (Fsp3) is 1.00. The van der Waals surface area contributed by atoms with Gasteiger partial charge in [0.1, 0.15) is 0 Å². The molecule has 14 heavy (non-hydrogen) atoms. The molecule has 2 atom stereocenters. The topological polar surface area (TPSA) is 80.9 Å². The average molecular weight is 242 g/mol. The summed E-state index contributed by atoms with van der Waals surface area (Å²) in [7, 11) is 2.94. The summed E-state index contributed by atoms with van der Waals surface area (Å²) in [6.45, 7) is -0.000931. The minimum Gasteiger partial charge on any atom is -0.396 e. The Labute approximate surface area is 92.1 Å². The van der Waals surface area contributed by atoms with Gasteiger partial charge in [-0.15, -0.1) is 0 Å². The Hall–Kier alpha value is 0.540. The SMILES string of the molecule is OCCC(O)CSSCC(O)CCO. The van der Waals surface area contributed by atoms with Crippen molar-refractivity contribution in [3.63, 3.8) is 0 Å². The molecule has 0 aliphatic heterocycles. The monoisotopic (exact) mass is 242 g/mol. The van der Waals surface area contributed by atoms with E-state index in [-0.39, 0.29) is 13.2 Å². The molecule has 0 aliphatic rings. The van der Waals surface area contributed by atoms with Crippen LogP contribution in [0.2, 0.25) is 0 Å². The molecule has 0 aliphatic carbocycles. The van der Waals surface area contributed by atoms with Crippen molar-refractivity contribution >= 4 is 21.6 Å². The van der Waals surface area contributed by atoms with Gasteiger partial charge in [0.2, 0.25) is 0 Å². The maximum Gasteiger partial charge on any atom is 0.0660 e. The molecule has 0 bridgehead atoms. The molecular formula is C8H18O4S2. The fourth-order valence-corrected chi connectivity index (χ4v) is 3.08. The molecule has 0 aromatic carbocycles. The Bertz CT molecular complexity index is 112. The lowest BCUT2D eigenvalue weighted by Gasteiger charge is -2.09. The van der Waals surface area contributed by atoms with Crippen LogP contribution in [0, 0.1) is 0 Å². The van der Waals surface area contributed by atoms with E-state index in [1.165, 1.54) is 21.6 Å². The molecule has 0 aromatic heterocycles. The molecule has 4 N–H and O–H groups in total. The van der Waals surface area contributed by atoms with E-state index < -0.39 is 12.2 Å². The van der Waals surface area contributed by atoms with Crippen molar-refractivity contribution in [2.45, 2.75) is 25.0 Å². The van der Waals surface area contributed by atoms with E-state index in [2.05, 4.69) is 0 Å². The first-order valence-electron chi connectivity index (χ1n) is 4.53. The molecule has 0 heterocycles. The first kappa shape index (κ1) is 14.5. The van der Waals surface area contributed by atoms with Crippen molar-refractivity contribution in [3.05, 3.63) is 0 Å². The van der Waals surface area contributed by atoms with Crippen LogP contribution in [0.1, 0.15) is 12.8 Å². The molecule has 0 spiro atoms. The lowest BCUT2D eigenvalue weighted by atomic mass is 10.3. The third-order valence-electron chi connectivity index (χ3n) is 1.53. The molecule has 6 heteroatoms. The molecule has 86 valence electrons. The number of aliphatic hydroxyl groups is 4. The Morgan fingerprint density at radius 2 is 1.14 bits per heavy atom. The summed E-state index contributed by atoms with van der Waals surface area (Å²) >= 11 is 0. The summed E-state index contributed by atoms with van der Waals surface area (Å²) in [6.07, 6.45) is -0.167. The number of hydrogen-bond acceptors (Lipinski definition) is 6. The molecule has 0 saturated heterocycles. The zero-order valence-electron chi connectivity index (χ0n) is 8.00. The van der Waals surface area contributed by atoms with E-state index in [1.54, 1.807) is 0 Å². The van der Waals surface area contributed by atoms with Gasteiger partial charge < -0.3 is 20.4 Å². The van der Waals surface area contributed by atoms with Crippen molar-refractivity contribution in [3.8, 4) is 0 Å². The molecule has 0 rings (SSSR count). The van der Waals surface area contributed by atoms with Crippen LogP contribution in [-0.4, -0.2) is 57.4 Å². The second kappa shape index (κ2) is 10.1. The summed E-state index contributed by atoms with van der Waals surface area (Å²) < 4.78 is 0. The molecule has 0 saturated carbocycles. The van der Waals surface area contributed by atoms with Gasteiger partial charge in [-0.05, 0) is 12.8 Å². The second-order valence-corrected chi connectivity index (χ2v) is 5.45. The van der Waals surface area contributed by atoms with Crippen LogP contribution in [0.5, 0.6) is 0 Å². The maximum absolute atomic E-state index is 9.22. The highest BCUT2D eigenvalue weighted by Crippen LogP contribution is 2.23. The van der Waals surface area contributed by atoms with Crippen LogP contribution in [0.25, 0.3) is 0 Å². The highest BCUT2D eigenvalue weighted by Gasteiger charge is 2.06. The van der Waals surface area contributed by atoms with Crippen molar-refractivity contribution in [1.82, 2.24) is 0 Å². The number of rotatable bonds is 9. The third-order valence-corrected chi connectivity index (χ3v) is 4.05. The highest BCUT2D eigenvalue weighted by molar-refractivity contribution is 8.76. The first-order chi connectivity index (χ1) is 6.70. The van der Waals surface area contributed by atoms with Crippen LogP contribution in [0.15, 0.2) is 0 Å². The van der Waals surface area contributed by atoms with Crippen LogP contribution in [0.3, 0.4) is 0 Å². The van der Waals surface area contributed by atoms with Crippen molar-refractivity contribution in [1.29, 1.82) is 0 Å². The Kier molecular flexibility index (Phi) is 10.5. The van der Waals surface area contributed by atoms with Crippen molar-refractivity contribution < 1.29 is 20.4 Å². The second-order valence-electron chi connectivity index (χ2n) is 2.90. The molecule has 2 unspecified atom stereocenters. The summed E-state index contributed by atoms with van der Waals surface area (Å²) in [5, 5.41) is 35.5. The minimum absolute atomic E-state index is 0.000466.